The lowest BCUT2D eigenvalue weighted by molar-refractivity contribution is -0.154. The second-order valence-corrected chi connectivity index (χ2v) is 13.8. The first-order chi connectivity index (χ1) is 18.8. The van der Waals surface area contributed by atoms with E-state index >= 15 is 0 Å². The fraction of sp³-hybridized carbons (Fsp3) is 0.588. The van der Waals surface area contributed by atoms with Crippen molar-refractivity contribution in [3.8, 4) is 5.75 Å². The van der Waals surface area contributed by atoms with Gasteiger partial charge in [-0.1, -0.05) is 103 Å². The Morgan fingerprint density at radius 2 is 1.62 bits per heavy atom. The van der Waals surface area contributed by atoms with Gasteiger partial charge in [-0.2, -0.15) is 0 Å². The van der Waals surface area contributed by atoms with Crippen LogP contribution in [-0.2, 0) is 21.5 Å². The molecule has 4 unspecified atom stereocenters. The smallest absolute Gasteiger partial charge is 0.326 e. The second kappa shape index (κ2) is 11.9. The van der Waals surface area contributed by atoms with Crippen LogP contribution >= 0.6 is 0 Å². The van der Waals surface area contributed by atoms with Gasteiger partial charge in [0, 0.05) is 30.0 Å². The monoisotopic (exact) mass is 548 g/mol. The highest BCUT2D eigenvalue weighted by Gasteiger charge is 2.58. The maximum atomic E-state index is 14.3. The number of aliphatic carboxylic acids is 1. The van der Waals surface area contributed by atoms with Gasteiger partial charge in [0.2, 0.25) is 5.91 Å². The number of methoxy groups -OCH3 is 1. The summed E-state index contributed by atoms with van der Waals surface area (Å²) in [6.07, 6.45) is 4.84. The van der Waals surface area contributed by atoms with E-state index in [0.717, 1.165) is 49.0 Å². The van der Waals surface area contributed by atoms with Crippen LogP contribution in [0, 0.1) is 17.3 Å². The molecule has 1 amide bonds. The Kier molecular flexibility index (Phi) is 8.99. The van der Waals surface area contributed by atoms with Gasteiger partial charge >= 0.3 is 5.97 Å². The molecule has 6 heteroatoms. The van der Waals surface area contributed by atoms with Crippen LogP contribution in [0.2, 0.25) is 0 Å². The molecule has 2 aliphatic rings. The summed E-state index contributed by atoms with van der Waals surface area (Å²) in [4.78, 5) is 29.1. The van der Waals surface area contributed by atoms with E-state index in [4.69, 9.17) is 4.74 Å². The van der Waals surface area contributed by atoms with Gasteiger partial charge in [-0.15, -0.1) is 0 Å². The first kappa shape index (κ1) is 30.1. The van der Waals surface area contributed by atoms with Crippen LogP contribution in [0.15, 0.2) is 48.5 Å². The quantitative estimate of drug-likeness (QED) is 0.401. The number of nitrogens with one attached hydrogen (secondary N) is 1. The first-order valence-corrected chi connectivity index (χ1v) is 14.8. The van der Waals surface area contributed by atoms with Gasteiger partial charge in [-0.3, -0.25) is 4.79 Å². The number of carboxylic acid groups (broad SMARTS) is 1. The van der Waals surface area contributed by atoms with E-state index in [-0.39, 0.29) is 34.6 Å². The summed E-state index contributed by atoms with van der Waals surface area (Å²) in [5.74, 6) is -0.565. The normalized spacial score (nSPS) is 24.2. The molecule has 1 aliphatic heterocycles. The second-order valence-electron chi connectivity index (χ2n) is 13.8. The highest BCUT2D eigenvalue weighted by molar-refractivity contribution is 5.87. The number of benzene rings is 2. The molecule has 1 aliphatic carbocycles. The minimum atomic E-state index is -0.929. The molecule has 0 bridgehead atoms. The third-order valence-electron chi connectivity index (χ3n) is 8.94. The summed E-state index contributed by atoms with van der Waals surface area (Å²) in [7, 11) is 1.68. The van der Waals surface area contributed by atoms with Gasteiger partial charge in [0.05, 0.1) is 13.2 Å². The largest absolute Gasteiger partial charge is 0.496 e. The standard InChI is InChI=1S/C34H48N2O4/c1-33(2,3)25-18-19-26(40-7)24(20-25)21-35-28-27(34(4,5)6)30(32(38)39)36(29(28)22-14-10-8-11-15-22)31(37)23-16-12-9-13-17-23/h8,10-11,14-15,18-20,23,27-30,35H,9,12-13,16-17,21H2,1-7H3,(H,38,39). The Balaban J connectivity index is 1.81. The number of rotatable bonds is 7. The Hall–Kier alpha value is -2.86. The predicted molar refractivity (Wildman–Crippen MR) is 159 cm³/mol. The van der Waals surface area contributed by atoms with Crippen LogP contribution in [0.1, 0.15) is 96.4 Å². The zero-order chi connectivity index (χ0) is 29.2. The molecule has 4 atom stereocenters. The Morgan fingerprint density at radius 1 is 0.975 bits per heavy atom. The molecule has 0 aromatic heterocycles. The van der Waals surface area contributed by atoms with Crippen molar-refractivity contribution < 1.29 is 19.4 Å². The van der Waals surface area contributed by atoms with Crippen molar-refractivity contribution in [1.82, 2.24) is 10.2 Å². The number of hydrogen-bond donors (Lipinski definition) is 2. The average Bonchev–Trinajstić information content (AvgIpc) is 3.28. The zero-order valence-corrected chi connectivity index (χ0v) is 25.4. The fourth-order valence-corrected chi connectivity index (χ4v) is 6.90. The number of nitrogens with zero attached hydrogens (tertiary/aromatic N) is 1. The molecular weight excluding hydrogens is 500 g/mol. The van der Waals surface area contributed by atoms with Crippen molar-refractivity contribution >= 4 is 11.9 Å². The Morgan fingerprint density at radius 3 is 2.17 bits per heavy atom. The third-order valence-corrected chi connectivity index (χ3v) is 8.94. The molecule has 0 spiro atoms. The SMILES string of the molecule is COc1ccc(C(C)(C)C)cc1CNC1C(c2ccccc2)N(C(=O)C2CCCCC2)C(C(=O)O)C1C(C)(C)C. The molecule has 1 saturated carbocycles. The third kappa shape index (κ3) is 6.22. The van der Waals surface area contributed by atoms with Crippen LogP contribution in [0.3, 0.4) is 0 Å². The molecule has 1 heterocycles. The molecule has 6 nitrogen and oxygen atoms in total. The average molecular weight is 549 g/mol. The highest BCUT2D eigenvalue weighted by atomic mass is 16.5. The van der Waals surface area contributed by atoms with E-state index in [9.17, 15) is 14.7 Å². The molecule has 1 saturated heterocycles. The topological polar surface area (TPSA) is 78.9 Å². The van der Waals surface area contributed by atoms with Crippen molar-refractivity contribution in [2.24, 2.45) is 17.3 Å². The Bertz CT molecular complexity index is 1170. The van der Waals surface area contributed by atoms with Gasteiger partial charge in [0.25, 0.3) is 0 Å². The van der Waals surface area contributed by atoms with Crippen LogP contribution < -0.4 is 10.1 Å². The zero-order valence-electron chi connectivity index (χ0n) is 25.4. The van der Waals surface area contributed by atoms with Gasteiger partial charge < -0.3 is 20.1 Å². The van der Waals surface area contributed by atoms with Crippen molar-refractivity contribution in [2.45, 2.75) is 104 Å². The van der Waals surface area contributed by atoms with E-state index in [1.165, 1.54) is 5.56 Å². The van der Waals surface area contributed by atoms with Crippen LogP contribution in [0.4, 0.5) is 0 Å². The summed E-state index contributed by atoms with van der Waals surface area (Å²) in [6.45, 7) is 13.4. The number of carbonyl (C=O) groups excluding carboxylic acids is 1. The van der Waals surface area contributed by atoms with Crippen LogP contribution in [-0.4, -0.2) is 41.1 Å². The van der Waals surface area contributed by atoms with Gasteiger partial charge in [0.1, 0.15) is 11.8 Å². The summed E-state index contributed by atoms with van der Waals surface area (Å²) in [6, 6.07) is 14.7. The lowest BCUT2D eigenvalue weighted by Crippen LogP contribution is -2.49. The van der Waals surface area contributed by atoms with Gasteiger partial charge in [-0.05, 0) is 40.9 Å². The maximum Gasteiger partial charge on any atom is 0.326 e. The summed E-state index contributed by atoms with van der Waals surface area (Å²) in [5, 5.41) is 14.5. The van der Waals surface area contributed by atoms with Gasteiger partial charge in [0.15, 0.2) is 0 Å². The number of amides is 1. The van der Waals surface area contributed by atoms with Crippen molar-refractivity contribution in [3.05, 3.63) is 65.2 Å². The van der Waals surface area contributed by atoms with Crippen molar-refractivity contribution in [3.63, 3.8) is 0 Å². The minimum Gasteiger partial charge on any atom is -0.496 e. The molecule has 218 valence electrons. The summed E-state index contributed by atoms with van der Waals surface area (Å²) < 4.78 is 5.73. The van der Waals surface area contributed by atoms with Gasteiger partial charge in [-0.25, -0.2) is 4.79 Å². The maximum absolute atomic E-state index is 14.3. The van der Waals surface area contributed by atoms with E-state index in [0.29, 0.717) is 6.54 Å². The molecule has 0 radical (unpaired) electrons. The number of likely N-dealkylation sites (tertiary alicyclic amines) is 1. The van der Waals surface area contributed by atoms with E-state index in [1.807, 2.05) is 36.4 Å². The van der Waals surface area contributed by atoms with Crippen LogP contribution in [0.25, 0.3) is 0 Å². The molecule has 4 rings (SSSR count). The van der Waals surface area contributed by atoms with Crippen molar-refractivity contribution in [2.75, 3.05) is 7.11 Å². The van der Waals surface area contributed by atoms with Crippen LogP contribution in [0.5, 0.6) is 5.75 Å². The molecule has 2 N–H and O–H groups in total. The highest BCUT2D eigenvalue weighted by Crippen LogP contribution is 2.49. The number of hydrogen-bond acceptors (Lipinski definition) is 4. The lowest BCUT2D eigenvalue weighted by Gasteiger charge is -2.36. The summed E-state index contributed by atoms with van der Waals surface area (Å²) >= 11 is 0. The molecule has 2 aromatic rings. The van der Waals surface area contributed by atoms with E-state index in [1.54, 1.807) is 12.0 Å². The van der Waals surface area contributed by atoms with E-state index in [2.05, 4.69) is 59.0 Å². The molecule has 2 aromatic carbocycles. The minimum absolute atomic E-state index is 0.00758. The first-order valence-electron chi connectivity index (χ1n) is 14.8. The van der Waals surface area contributed by atoms with Crippen molar-refractivity contribution in [1.29, 1.82) is 0 Å². The number of carboxylic acids is 1. The van der Waals surface area contributed by atoms with E-state index < -0.39 is 18.1 Å². The fourth-order valence-electron chi connectivity index (χ4n) is 6.90. The molecule has 2 fully saturated rings. The molecule has 40 heavy (non-hydrogen) atoms. The summed E-state index contributed by atoms with van der Waals surface area (Å²) in [5.41, 5.74) is 2.82. The predicted octanol–water partition coefficient (Wildman–Crippen LogP) is 6.73. The molecular formula is C34H48N2O4. The lowest BCUT2D eigenvalue weighted by atomic mass is 9.72. The number of carbonyl (C=O) groups is 2. The number of ether oxygens (including phenoxy) is 1. The Labute approximate surface area is 240 Å².